The third kappa shape index (κ3) is 2.87. The summed E-state index contributed by atoms with van der Waals surface area (Å²) in [6.07, 6.45) is 3.81. The summed E-state index contributed by atoms with van der Waals surface area (Å²) in [6.45, 7) is 1.61. The summed E-state index contributed by atoms with van der Waals surface area (Å²) in [5.41, 5.74) is 0.289. The summed E-state index contributed by atoms with van der Waals surface area (Å²) in [5, 5.41) is 12.1. The van der Waals surface area contributed by atoms with E-state index in [0.717, 1.165) is 0 Å². The Labute approximate surface area is 133 Å². The number of aromatic nitrogens is 1. The van der Waals surface area contributed by atoms with Gasteiger partial charge < -0.3 is 9.73 Å². The first-order chi connectivity index (χ1) is 10.9. The lowest BCUT2D eigenvalue weighted by molar-refractivity contribution is 0.0939. The topological polar surface area (TPSA) is 105 Å². The van der Waals surface area contributed by atoms with Gasteiger partial charge in [-0.3, -0.25) is 9.36 Å². The lowest BCUT2D eigenvalue weighted by Gasteiger charge is -2.10. The maximum atomic E-state index is 12.5. The lowest BCUT2D eigenvalue weighted by Crippen LogP contribution is -2.36. The minimum Gasteiger partial charge on any atom is -0.443 e. The molecule has 3 rings (SSSR count). The van der Waals surface area contributed by atoms with E-state index in [2.05, 4.69) is 5.32 Å². The third-order valence-electron chi connectivity index (χ3n) is 3.81. The zero-order valence-electron chi connectivity index (χ0n) is 12.4. The molecule has 120 valence electrons. The van der Waals surface area contributed by atoms with Gasteiger partial charge >= 0.3 is 0 Å². The fraction of sp³-hybridized carbons (Fsp3) is 0.333. The van der Waals surface area contributed by atoms with Crippen molar-refractivity contribution in [1.29, 1.82) is 5.26 Å². The fourth-order valence-electron chi connectivity index (χ4n) is 2.73. The Balaban J connectivity index is 1.91. The monoisotopic (exact) mass is 333 g/mol. The standard InChI is InChI=1S/C15H15N3O4S/c1-10-13(14(19)17-11-4-7-23(20,21)9-11)12(8-16)15(22-10)18-5-2-3-6-18/h2-3,5-6,11H,4,7,9H2,1H3,(H,17,19). The number of amides is 1. The molecule has 2 aromatic heterocycles. The molecule has 23 heavy (non-hydrogen) atoms. The zero-order chi connectivity index (χ0) is 16.6. The maximum absolute atomic E-state index is 12.5. The molecule has 0 aromatic carbocycles. The number of carbonyl (C=O) groups excluding carboxylic acids is 1. The van der Waals surface area contributed by atoms with E-state index in [9.17, 15) is 18.5 Å². The van der Waals surface area contributed by atoms with E-state index in [-0.39, 0.29) is 28.5 Å². The largest absolute Gasteiger partial charge is 0.443 e. The van der Waals surface area contributed by atoms with Gasteiger partial charge in [-0.1, -0.05) is 0 Å². The van der Waals surface area contributed by atoms with Crippen molar-refractivity contribution in [1.82, 2.24) is 9.88 Å². The van der Waals surface area contributed by atoms with Crippen molar-refractivity contribution in [2.45, 2.75) is 19.4 Å². The fourth-order valence-corrected chi connectivity index (χ4v) is 4.40. The molecule has 1 saturated heterocycles. The minimum absolute atomic E-state index is 0.0675. The number of hydrogen-bond acceptors (Lipinski definition) is 5. The van der Waals surface area contributed by atoms with E-state index in [4.69, 9.17) is 4.42 Å². The Morgan fingerprint density at radius 2 is 2.13 bits per heavy atom. The minimum atomic E-state index is -3.09. The van der Waals surface area contributed by atoms with Crippen molar-refractivity contribution in [3.8, 4) is 12.0 Å². The van der Waals surface area contributed by atoms with E-state index in [0.29, 0.717) is 12.2 Å². The van der Waals surface area contributed by atoms with E-state index in [1.807, 2.05) is 6.07 Å². The number of nitrogens with zero attached hydrogens (tertiary/aromatic N) is 2. The highest BCUT2D eigenvalue weighted by atomic mass is 32.2. The number of rotatable bonds is 3. The number of furan rings is 1. The van der Waals surface area contributed by atoms with Gasteiger partial charge in [0.25, 0.3) is 5.91 Å². The number of nitriles is 1. The summed E-state index contributed by atoms with van der Waals surface area (Å²) in [6, 6.07) is 5.13. The molecular weight excluding hydrogens is 318 g/mol. The summed E-state index contributed by atoms with van der Waals surface area (Å²) in [5.74, 6) is 0.121. The molecule has 1 fully saturated rings. The van der Waals surface area contributed by atoms with Gasteiger partial charge in [-0.15, -0.1) is 0 Å². The average molecular weight is 333 g/mol. The molecule has 7 nitrogen and oxygen atoms in total. The van der Waals surface area contributed by atoms with Crippen LogP contribution in [0.4, 0.5) is 0 Å². The molecule has 1 aliphatic heterocycles. The first-order valence-electron chi connectivity index (χ1n) is 7.09. The van der Waals surface area contributed by atoms with E-state index >= 15 is 0 Å². The Kier molecular flexibility index (Phi) is 3.74. The van der Waals surface area contributed by atoms with Crippen LogP contribution >= 0.6 is 0 Å². The van der Waals surface area contributed by atoms with Crippen molar-refractivity contribution >= 4 is 15.7 Å². The second-order valence-corrected chi connectivity index (χ2v) is 7.72. The maximum Gasteiger partial charge on any atom is 0.256 e. The molecule has 1 unspecified atom stereocenters. The van der Waals surface area contributed by atoms with Crippen LogP contribution in [0.5, 0.6) is 0 Å². The van der Waals surface area contributed by atoms with Crippen molar-refractivity contribution in [3.63, 3.8) is 0 Å². The quantitative estimate of drug-likeness (QED) is 0.907. The van der Waals surface area contributed by atoms with Crippen LogP contribution in [0.1, 0.15) is 28.1 Å². The third-order valence-corrected chi connectivity index (χ3v) is 5.58. The normalized spacial score (nSPS) is 19.4. The first kappa shape index (κ1) is 15.4. The number of aryl methyl sites for hydroxylation is 1. The summed E-state index contributed by atoms with van der Waals surface area (Å²) in [7, 11) is -3.09. The molecule has 0 bridgehead atoms. The van der Waals surface area contributed by atoms with Crippen LogP contribution < -0.4 is 5.32 Å². The SMILES string of the molecule is Cc1oc(-n2cccc2)c(C#N)c1C(=O)NC1CCS(=O)(=O)C1. The van der Waals surface area contributed by atoms with E-state index in [1.165, 1.54) is 0 Å². The molecule has 0 saturated carbocycles. The Morgan fingerprint density at radius 1 is 1.43 bits per heavy atom. The van der Waals surface area contributed by atoms with Gasteiger partial charge in [-0.25, -0.2) is 8.42 Å². The summed E-state index contributed by atoms with van der Waals surface area (Å²) in [4.78, 5) is 12.5. The molecule has 1 aliphatic rings. The zero-order valence-corrected chi connectivity index (χ0v) is 13.3. The molecule has 2 aromatic rings. The molecule has 1 N–H and O–H groups in total. The van der Waals surface area contributed by atoms with Crippen LogP contribution in [-0.2, 0) is 9.84 Å². The van der Waals surface area contributed by atoms with Gasteiger partial charge in [0.2, 0.25) is 5.88 Å². The lowest BCUT2D eigenvalue weighted by atomic mass is 10.1. The average Bonchev–Trinajstić information content (AvgIpc) is 3.17. The van der Waals surface area contributed by atoms with Crippen molar-refractivity contribution in [2.24, 2.45) is 0 Å². The van der Waals surface area contributed by atoms with Gasteiger partial charge in [0, 0.05) is 18.4 Å². The van der Waals surface area contributed by atoms with Crippen LogP contribution in [-0.4, -0.2) is 36.4 Å². The van der Waals surface area contributed by atoms with Gasteiger partial charge in [-0.2, -0.15) is 5.26 Å². The van der Waals surface area contributed by atoms with Crippen LogP contribution in [0.3, 0.4) is 0 Å². The van der Waals surface area contributed by atoms with Crippen LogP contribution in [0, 0.1) is 18.3 Å². The van der Waals surface area contributed by atoms with Crippen molar-refractivity contribution in [3.05, 3.63) is 41.4 Å². The van der Waals surface area contributed by atoms with Crippen molar-refractivity contribution < 1.29 is 17.6 Å². The molecule has 3 heterocycles. The molecular formula is C15H15N3O4S. The smallest absolute Gasteiger partial charge is 0.256 e. The summed E-state index contributed by atoms with van der Waals surface area (Å²) < 4.78 is 30.1. The second-order valence-electron chi connectivity index (χ2n) is 5.49. The Hall–Kier alpha value is -2.53. The molecule has 1 amide bonds. The number of nitrogens with one attached hydrogen (secondary N) is 1. The highest BCUT2D eigenvalue weighted by Gasteiger charge is 2.31. The Morgan fingerprint density at radius 3 is 2.70 bits per heavy atom. The number of carbonyl (C=O) groups is 1. The molecule has 0 aliphatic carbocycles. The predicted octanol–water partition coefficient (Wildman–Crippen LogP) is 1.17. The van der Waals surface area contributed by atoms with Crippen LogP contribution in [0.15, 0.2) is 28.9 Å². The molecule has 0 radical (unpaired) electrons. The second kappa shape index (κ2) is 5.59. The van der Waals surface area contributed by atoms with Gasteiger partial charge in [-0.05, 0) is 25.5 Å². The van der Waals surface area contributed by atoms with E-state index in [1.54, 1.807) is 36.0 Å². The van der Waals surface area contributed by atoms with Crippen molar-refractivity contribution in [2.75, 3.05) is 11.5 Å². The highest BCUT2D eigenvalue weighted by molar-refractivity contribution is 7.91. The van der Waals surface area contributed by atoms with Gasteiger partial charge in [0.05, 0.1) is 11.5 Å². The van der Waals surface area contributed by atoms with Gasteiger partial charge in [0.15, 0.2) is 9.84 Å². The molecule has 8 heteroatoms. The predicted molar refractivity (Wildman–Crippen MR) is 82.0 cm³/mol. The van der Waals surface area contributed by atoms with Crippen LogP contribution in [0.25, 0.3) is 5.88 Å². The van der Waals surface area contributed by atoms with E-state index < -0.39 is 21.8 Å². The Bertz CT molecular complexity index is 888. The van der Waals surface area contributed by atoms with Crippen LogP contribution in [0.2, 0.25) is 0 Å². The van der Waals surface area contributed by atoms with Gasteiger partial charge in [0.1, 0.15) is 23.0 Å². The molecule has 1 atom stereocenters. The summed E-state index contributed by atoms with van der Waals surface area (Å²) >= 11 is 0. The first-order valence-corrected chi connectivity index (χ1v) is 8.91. The number of hydrogen-bond donors (Lipinski definition) is 1. The molecule has 0 spiro atoms. The highest BCUT2D eigenvalue weighted by Crippen LogP contribution is 2.25. The number of sulfone groups is 1.